The molecule has 1 atom stereocenters. The number of hydrogen-bond donors (Lipinski definition) is 1. The number of nitrogens with zero attached hydrogens (tertiary/aromatic N) is 4. The predicted octanol–water partition coefficient (Wildman–Crippen LogP) is 0.788. The highest BCUT2D eigenvalue weighted by molar-refractivity contribution is 5.57. The van der Waals surface area contributed by atoms with Crippen molar-refractivity contribution in [1.29, 1.82) is 5.26 Å². The third-order valence-electron chi connectivity index (χ3n) is 3.39. The first kappa shape index (κ1) is 11.9. The van der Waals surface area contributed by atoms with Crippen LogP contribution in [0.25, 0.3) is 0 Å². The molecule has 1 fully saturated rings. The summed E-state index contributed by atoms with van der Waals surface area (Å²) >= 11 is 0. The molecule has 1 aromatic heterocycles. The van der Waals surface area contributed by atoms with Crippen LogP contribution in [0.4, 0.5) is 5.82 Å². The molecule has 1 aliphatic rings. The normalized spacial score (nSPS) is 19.3. The van der Waals surface area contributed by atoms with Gasteiger partial charge >= 0.3 is 0 Å². The molecule has 17 heavy (non-hydrogen) atoms. The van der Waals surface area contributed by atoms with Crippen molar-refractivity contribution in [2.24, 2.45) is 7.05 Å². The van der Waals surface area contributed by atoms with Gasteiger partial charge in [0, 0.05) is 26.2 Å². The van der Waals surface area contributed by atoms with E-state index in [1.807, 2.05) is 18.7 Å². The van der Waals surface area contributed by atoms with Crippen molar-refractivity contribution in [3.63, 3.8) is 0 Å². The summed E-state index contributed by atoms with van der Waals surface area (Å²) in [6.45, 7) is 6.97. The summed E-state index contributed by atoms with van der Waals surface area (Å²) in [6, 6.07) is 2.75. The SMILES string of the molecule is CCN(c1c(C#N)c(C)nn1C)C1CCNC1. The van der Waals surface area contributed by atoms with Crippen LogP contribution in [0.1, 0.15) is 24.6 Å². The number of likely N-dealkylation sites (N-methyl/N-ethyl adjacent to an activating group) is 1. The van der Waals surface area contributed by atoms with E-state index in [1.165, 1.54) is 0 Å². The lowest BCUT2D eigenvalue weighted by atomic mass is 10.2. The Morgan fingerprint density at radius 3 is 2.94 bits per heavy atom. The zero-order valence-electron chi connectivity index (χ0n) is 10.7. The van der Waals surface area contributed by atoms with Gasteiger partial charge in [-0.25, -0.2) is 0 Å². The van der Waals surface area contributed by atoms with E-state index in [4.69, 9.17) is 0 Å². The predicted molar refractivity (Wildman–Crippen MR) is 67.0 cm³/mol. The van der Waals surface area contributed by atoms with E-state index < -0.39 is 0 Å². The summed E-state index contributed by atoms with van der Waals surface area (Å²) in [5.74, 6) is 0.959. The van der Waals surface area contributed by atoms with Crippen molar-refractivity contribution < 1.29 is 0 Å². The Bertz CT molecular complexity index is 436. The van der Waals surface area contributed by atoms with Gasteiger partial charge in [-0.2, -0.15) is 10.4 Å². The van der Waals surface area contributed by atoms with Gasteiger partial charge in [-0.3, -0.25) is 4.68 Å². The fraction of sp³-hybridized carbons (Fsp3) is 0.667. The third-order valence-corrected chi connectivity index (χ3v) is 3.39. The van der Waals surface area contributed by atoms with Gasteiger partial charge in [-0.15, -0.1) is 0 Å². The Hall–Kier alpha value is -1.54. The Balaban J connectivity index is 2.39. The van der Waals surface area contributed by atoms with Gasteiger partial charge in [0.25, 0.3) is 0 Å². The molecule has 1 saturated heterocycles. The minimum atomic E-state index is 0.474. The summed E-state index contributed by atoms with van der Waals surface area (Å²) in [7, 11) is 1.91. The minimum Gasteiger partial charge on any atom is -0.352 e. The van der Waals surface area contributed by atoms with Crippen LogP contribution in [0, 0.1) is 18.3 Å². The molecule has 1 aromatic rings. The first-order chi connectivity index (χ1) is 8.19. The molecule has 5 heteroatoms. The van der Waals surface area contributed by atoms with Crippen LogP contribution < -0.4 is 10.2 Å². The molecule has 92 valence electrons. The molecule has 2 rings (SSSR count). The van der Waals surface area contributed by atoms with Crippen LogP contribution in [-0.4, -0.2) is 35.5 Å². The van der Waals surface area contributed by atoms with Crippen molar-refractivity contribution in [1.82, 2.24) is 15.1 Å². The maximum atomic E-state index is 9.25. The van der Waals surface area contributed by atoms with E-state index in [-0.39, 0.29) is 0 Å². The van der Waals surface area contributed by atoms with Crippen LogP contribution >= 0.6 is 0 Å². The fourth-order valence-electron chi connectivity index (χ4n) is 2.59. The number of aryl methyl sites for hydroxylation is 2. The van der Waals surface area contributed by atoms with E-state index in [2.05, 4.69) is 28.3 Å². The molecule has 1 N–H and O–H groups in total. The molecule has 0 spiro atoms. The van der Waals surface area contributed by atoms with E-state index >= 15 is 0 Å². The first-order valence-electron chi connectivity index (χ1n) is 6.10. The summed E-state index contributed by atoms with van der Waals surface area (Å²) in [6.07, 6.45) is 1.13. The summed E-state index contributed by atoms with van der Waals surface area (Å²) in [4.78, 5) is 2.29. The second-order valence-electron chi connectivity index (χ2n) is 4.45. The molecule has 0 aromatic carbocycles. The number of nitriles is 1. The second kappa shape index (κ2) is 4.76. The molecule has 1 aliphatic heterocycles. The molecule has 0 radical (unpaired) electrons. The Morgan fingerprint density at radius 2 is 2.41 bits per heavy atom. The van der Waals surface area contributed by atoms with Gasteiger partial charge in [0.05, 0.1) is 5.69 Å². The first-order valence-corrected chi connectivity index (χ1v) is 6.10. The van der Waals surface area contributed by atoms with Gasteiger partial charge in [-0.1, -0.05) is 0 Å². The second-order valence-corrected chi connectivity index (χ2v) is 4.45. The zero-order chi connectivity index (χ0) is 12.4. The van der Waals surface area contributed by atoms with E-state index in [9.17, 15) is 5.26 Å². The van der Waals surface area contributed by atoms with Crippen LogP contribution in [0.2, 0.25) is 0 Å². The van der Waals surface area contributed by atoms with Gasteiger partial charge in [0.1, 0.15) is 17.5 Å². The number of anilines is 1. The number of hydrogen-bond acceptors (Lipinski definition) is 4. The summed E-state index contributed by atoms with van der Waals surface area (Å²) in [5, 5.41) is 17.0. The standard InChI is InChI=1S/C12H19N5/c1-4-17(10-5-6-14-8-10)12-11(7-13)9(2)15-16(12)3/h10,14H,4-6,8H2,1-3H3. The van der Waals surface area contributed by atoms with Crippen molar-refractivity contribution in [3.8, 4) is 6.07 Å². The topological polar surface area (TPSA) is 56.9 Å². The van der Waals surface area contributed by atoms with Gasteiger partial charge in [-0.05, 0) is 26.8 Å². The van der Waals surface area contributed by atoms with Crippen molar-refractivity contribution in [2.45, 2.75) is 26.3 Å². The smallest absolute Gasteiger partial charge is 0.145 e. The van der Waals surface area contributed by atoms with Crippen LogP contribution in [-0.2, 0) is 7.05 Å². The zero-order valence-corrected chi connectivity index (χ0v) is 10.7. The van der Waals surface area contributed by atoms with Crippen LogP contribution in [0.5, 0.6) is 0 Å². The minimum absolute atomic E-state index is 0.474. The average Bonchev–Trinajstić information content (AvgIpc) is 2.90. The van der Waals surface area contributed by atoms with Crippen molar-refractivity contribution >= 4 is 5.82 Å². The fourth-order valence-corrected chi connectivity index (χ4v) is 2.59. The Kier molecular flexibility index (Phi) is 3.34. The highest BCUT2D eigenvalue weighted by Gasteiger charge is 2.26. The molecule has 5 nitrogen and oxygen atoms in total. The molecule has 1 unspecified atom stereocenters. The average molecular weight is 233 g/mol. The molecule has 2 heterocycles. The highest BCUT2D eigenvalue weighted by Crippen LogP contribution is 2.25. The largest absolute Gasteiger partial charge is 0.352 e. The number of rotatable bonds is 3. The maximum absolute atomic E-state index is 9.25. The van der Waals surface area contributed by atoms with Gasteiger partial charge in [0.15, 0.2) is 0 Å². The molecule has 0 saturated carbocycles. The Morgan fingerprint density at radius 1 is 1.65 bits per heavy atom. The summed E-state index contributed by atoms with van der Waals surface area (Å²) in [5.41, 5.74) is 1.52. The summed E-state index contributed by atoms with van der Waals surface area (Å²) < 4.78 is 1.83. The quantitative estimate of drug-likeness (QED) is 0.838. The van der Waals surface area contributed by atoms with E-state index in [0.717, 1.165) is 37.6 Å². The lowest BCUT2D eigenvalue weighted by Crippen LogP contribution is -2.38. The van der Waals surface area contributed by atoms with Crippen molar-refractivity contribution in [3.05, 3.63) is 11.3 Å². The van der Waals surface area contributed by atoms with Gasteiger partial charge in [0.2, 0.25) is 0 Å². The number of nitrogens with one attached hydrogen (secondary N) is 1. The van der Waals surface area contributed by atoms with E-state index in [0.29, 0.717) is 11.6 Å². The lowest BCUT2D eigenvalue weighted by Gasteiger charge is -2.29. The van der Waals surface area contributed by atoms with Crippen LogP contribution in [0.3, 0.4) is 0 Å². The molecular weight excluding hydrogens is 214 g/mol. The molecule has 0 bridgehead atoms. The lowest BCUT2D eigenvalue weighted by molar-refractivity contribution is 0.613. The molecule has 0 aliphatic carbocycles. The van der Waals surface area contributed by atoms with E-state index in [1.54, 1.807) is 0 Å². The molecular formula is C12H19N5. The van der Waals surface area contributed by atoms with Gasteiger partial charge < -0.3 is 10.2 Å². The van der Waals surface area contributed by atoms with Crippen LogP contribution in [0.15, 0.2) is 0 Å². The number of aromatic nitrogens is 2. The Labute approximate surface area is 102 Å². The van der Waals surface area contributed by atoms with Crippen molar-refractivity contribution in [2.75, 3.05) is 24.5 Å². The highest BCUT2D eigenvalue weighted by atomic mass is 15.4. The maximum Gasteiger partial charge on any atom is 0.145 e. The third kappa shape index (κ3) is 2.01. The molecule has 0 amide bonds. The monoisotopic (exact) mass is 233 g/mol.